The first kappa shape index (κ1) is 17.9. The van der Waals surface area contributed by atoms with Crippen LogP contribution in [0.4, 0.5) is 5.69 Å². The number of unbranched alkanes of at least 4 members (excludes halogenated alkanes) is 1. The third-order valence-electron chi connectivity index (χ3n) is 6.81. The van der Waals surface area contributed by atoms with Crippen LogP contribution in [0.3, 0.4) is 0 Å². The van der Waals surface area contributed by atoms with Gasteiger partial charge in [0.05, 0.1) is 12.3 Å². The summed E-state index contributed by atoms with van der Waals surface area (Å²) in [6.45, 7) is 6.37. The van der Waals surface area contributed by atoms with Crippen LogP contribution in [0.2, 0.25) is 0 Å². The maximum Gasteiger partial charge on any atom is 0.348 e. The minimum Gasteiger partial charge on any atom is -0.463 e. The number of allylic oxidation sites excluding steroid dienone is 1. The van der Waals surface area contributed by atoms with Gasteiger partial charge in [-0.1, -0.05) is 24.3 Å². The van der Waals surface area contributed by atoms with Crippen LogP contribution in [0.25, 0.3) is 0 Å². The summed E-state index contributed by atoms with van der Waals surface area (Å²) in [5, 5.41) is 0. The SMILES string of the molecule is C=CCCCC12OCC[C@H]3C[C@@]4(C(=O)OCC)O[C@]31N(C4=O)c1ccccc12. The fourth-order valence-corrected chi connectivity index (χ4v) is 5.85. The quantitative estimate of drug-likeness (QED) is 0.327. The number of para-hydroxylation sites is 1. The van der Waals surface area contributed by atoms with Crippen molar-refractivity contribution in [1.29, 1.82) is 0 Å². The molecule has 4 aliphatic heterocycles. The molecule has 1 aromatic carbocycles. The summed E-state index contributed by atoms with van der Waals surface area (Å²) in [6, 6.07) is 7.84. The molecule has 6 heteroatoms. The van der Waals surface area contributed by atoms with Gasteiger partial charge in [-0.05, 0) is 38.7 Å². The topological polar surface area (TPSA) is 65.1 Å². The lowest BCUT2D eigenvalue weighted by molar-refractivity contribution is -0.237. The minimum absolute atomic E-state index is 0.0273. The lowest BCUT2D eigenvalue weighted by atomic mass is 9.70. The maximum absolute atomic E-state index is 13.6. The van der Waals surface area contributed by atoms with E-state index in [0.717, 1.165) is 30.5 Å². The average molecular weight is 383 g/mol. The Morgan fingerprint density at radius 1 is 1.43 bits per heavy atom. The van der Waals surface area contributed by atoms with Gasteiger partial charge < -0.3 is 14.2 Å². The summed E-state index contributed by atoms with van der Waals surface area (Å²) in [7, 11) is 0. The van der Waals surface area contributed by atoms with Crippen molar-refractivity contribution in [2.45, 2.75) is 56.0 Å². The van der Waals surface area contributed by atoms with Gasteiger partial charge in [0.15, 0.2) is 5.72 Å². The molecule has 0 radical (unpaired) electrons. The number of ether oxygens (including phenoxy) is 3. The van der Waals surface area contributed by atoms with E-state index in [1.165, 1.54) is 0 Å². The average Bonchev–Trinajstić information content (AvgIpc) is 3.27. The van der Waals surface area contributed by atoms with E-state index in [1.54, 1.807) is 11.8 Å². The smallest absolute Gasteiger partial charge is 0.348 e. The highest BCUT2D eigenvalue weighted by Gasteiger charge is 2.84. The van der Waals surface area contributed by atoms with Crippen molar-refractivity contribution in [2.24, 2.45) is 5.92 Å². The van der Waals surface area contributed by atoms with E-state index < -0.39 is 22.9 Å². The molecule has 4 aliphatic rings. The maximum atomic E-state index is 13.6. The molecule has 148 valence electrons. The Morgan fingerprint density at radius 2 is 2.25 bits per heavy atom. The van der Waals surface area contributed by atoms with Crippen LogP contribution in [0.1, 0.15) is 44.6 Å². The number of fused-ring (bicyclic) bond motifs is 4. The molecule has 4 atom stereocenters. The van der Waals surface area contributed by atoms with Crippen LogP contribution in [-0.2, 0) is 29.4 Å². The van der Waals surface area contributed by atoms with Crippen molar-refractivity contribution in [3.05, 3.63) is 42.5 Å². The zero-order valence-corrected chi connectivity index (χ0v) is 16.1. The van der Waals surface area contributed by atoms with Crippen LogP contribution >= 0.6 is 0 Å². The highest BCUT2D eigenvalue weighted by Crippen LogP contribution is 2.70. The van der Waals surface area contributed by atoms with Gasteiger partial charge in [0.1, 0.15) is 5.60 Å². The molecular formula is C22H25NO5. The molecule has 28 heavy (non-hydrogen) atoms. The van der Waals surface area contributed by atoms with E-state index in [1.807, 2.05) is 30.3 Å². The standard InChI is InChI=1S/C22H25NO5/c1-3-5-8-12-21-16-9-6-7-10-17(16)23-18(24)20(19(25)26-4-2)14-15(11-13-27-21)22(21,23)28-20/h3,6-7,9-10,15H,1,4-5,8,11-14H2,2H3/t15-,20+,21?,22+/m0/s1. The number of anilines is 1. The zero-order chi connectivity index (χ0) is 19.6. The summed E-state index contributed by atoms with van der Waals surface area (Å²) < 4.78 is 18.3. The third-order valence-corrected chi connectivity index (χ3v) is 6.81. The van der Waals surface area contributed by atoms with Crippen molar-refractivity contribution in [1.82, 2.24) is 0 Å². The Kier molecular flexibility index (Phi) is 3.77. The zero-order valence-electron chi connectivity index (χ0n) is 16.1. The van der Waals surface area contributed by atoms with E-state index >= 15 is 0 Å². The van der Waals surface area contributed by atoms with Crippen molar-refractivity contribution in [3.8, 4) is 0 Å². The lowest BCUT2D eigenvalue weighted by Crippen LogP contribution is -2.65. The lowest BCUT2D eigenvalue weighted by Gasteiger charge is -2.51. The molecule has 3 saturated heterocycles. The number of piperidine rings is 1. The highest BCUT2D eigenvalue weighted by atomic mass is 16.6. The predicted octanol–water partition coefficient (Wildman–Crippen LogP) is 3.05. The summed E-state index contributed by atoms with van der Waals surface area (Å²) in [6.07, 6.45) is 5.43. The molecule has 3 fully saturated rings. The fourth-order valence-electron chi connectivity index (χ4n) is 5.85. The van der Waals surface area contributed by atoms with Crippen molar-refractivity contribution in [2.75, 3.05) is 18.1 Å². The van der Waals surface area contributed by atoms with E-state index in [0.29, 0.717) is 19.4 Å². The Hall–Kier alpha value is -2.18. The Balaban J connectivity index is 1.70. The van der Waals surface area contributed by atoms with Gasteiger partial charge in [-0.15, -0.1) is 6.58 Å². The minimum atomic E-state index is -1.55. The van der Waals surface area contributed by atoms with Crippen LogP contribution in [0, 0.1) is 5.92 Å². The number of hydrogen-bond acceptors (Lipinski definition) is 5. The number of rotatable bonds is 6. The molecular weight excluding hydrogens is 358 g/mol. The largest absolute Gasteiger partial charge is 0.463 e. The van der Waals surface area contributed by atoms with Crippen molar-refractivity contribution in [3.63, 3.8) is 0 Å². The van der Waals surface area contributed by atoms with Gasteiger partial charge in [0.25, 0.3) is 5.91 Å². The second-order valence-electron chi connectivity index (χ2n) is 8.05. The van der Waals surface area contributed by atoms with Gasteiger partial charge in [0, 0.05) is 24.5 Å². The van der Waals surface area contributed by atoms with Crippen molar-refractivity contribution >= 4 is 17.6 Å². The third kappa shape index (κ3) is 1.81. The second-order valence-corrected chi connectivity index (χ2v) is 8.05. The molecule has 0 N–H and O–H groups in total. The van der Waals surface area contributed by atoms with Gasteiger partial charge in [-0.3, -0.25) is 9.69 Å². The number of carbonyl (C=O) groups is 2. The first-order valence-electron chi connectivity index (χ1n) is 10.1. The first-order chi connectivity index (χ1) is 13.6. The van der Waals surface area contributed by atoms with Crippen molar-refractivity contribution < 1.29 is 23.8 Å². The molecule has 1 aromatic rings. The van der Waals surface area contributed by atoms with Crippen LogP contribution in [-0.4, -0.2) is 36.4 Å². The molecule has 0 aromatic heterocycles. The van der Waals surface area contributed by atoms with Gasteiger partial charge in [-0.25, -0.2) is 4.79 Å². The molecule has 1 spiro atoms. The molecule has 0 aliphatic carbocycles. The number of benzene rings is 1. The molecule has 0 saturated carbocycles. The monoisotopic (exact) mass is 383 g/mol. The predicted molar refractivity (Wildman–Crippen MR) is 102 cm³/mol. The van der Waals surface area contributed by atoms with Crippen LogP contribution in [0.5, 0.6) is 0 Å². The number of carbonyl (C=O) groups excluding carboxylic acids is 2. The van der Waals surface area contributed by atoms with E-state index in [-0.39, 0.29) is 18.4 Å². The Morgan fingerprint density at radius 3 is 3.04 bits per heavy atom. The van der Waals surface area contributed by atoms with Gasteiger partial charge in [-0.2, -0.15) is 0 Å². The second kappa shape index (κ2) is 5.91. The molecule has 6 nitrogen and oxygen atoms in total. The normalized spacial score (nSPS) is 37.0. The van der Waals surface area contributed by atoms with Gasteiger partial charge >= 0.3 is 5.97 Å². The van der Waals surface area contributed by atoms with E-state index in [2.05, 4.69) is 6.58 Å². The summed E-state index contributed by atoms with van der Waals surface area (Å²) in [5.41, 5.74) is -1.51. The van der Waals surface area contributed by atoms with Crippen LogP contribution < -0.4 is 4.90 Å². The fraction of sp³-hybridized carbons (Fsp3) is 0.545. The number of esters is 1. The molecule has 5 rings (SSSR count). The molecule has 4 heterocycles. The Labute approximate surface area is 164 Å². The van der Waals surface area contributed by atoms with E-state index in [4.69, 9.17) is 14.2 Å². The summed E-state index contributed by atoms with van der Waals surface area (Å²) in [4.78, 5) is 28.2. The van der Waals surface area contributed by atoms with Gasteiger partial charge in [0.2, 0.25) is 5.60 Å². The molecule has 1 amide bonds. The summed E-state index contributed by atoms with van der Waals surface area (Å²) >= 11 is 0. The Bertz CT molecular complexity index is 868. The molecule has 1 unspecified atom stereocenters. The number of amides is 1. The highest BCUT2D eigenvalue weighted by molar-refractivity contribution is 6.18. The molecule has 2 bridgehead atoms. The number of hydrogen-bond donors (Lipinski definition) is 0. The van der Waals surface area contributed by atoms with E-state index in [9.17, 15) is 9.59 Å². The summed E-state index contributed by atoms with van der Waals surface area (Å²) in [5.74, 6) is -0.860. The number of nitrogens with zero attached hydrogens (tertiary/aromatic N) is 1. The first-order valence-corrected chi connectivity index (χ1v) is 10.1. The van der Waals surface area contributed by atoms with Crippen LogP contribution in [0.15, 0.2) is 36.9 Å².